The fourth-order valence-electron chi connectivity index (χ4n) is 0.409. The van der Waals surface area contributed by atoms with Crippen molar-refractivity contribution in [3.8, 4) is 0 Å². The smallest absolute Gasteiger partial charge is 0.371 e. The Hall–Kier alpha value is 0.725. The highest BCUT2D eigenvalue weighted by atomic mass is 33.1. The van der Waals surface area contributed by atoms with Gasteiger partial charge in [-0.2, -0.15) is 0 Å². The summed E-state index contributed by atoms with van der Waals surface area (Å²) in [5.41, 5.74) is 0. The summed E-state index contributed by atoms with van der Waals surface area (Å²) < 4.78 is 5.23. The molecule has 0 aliphatic carbocycles. The molecular formula is C4H11BOS2. The van der Waals surface area contributed by atoms with Crippen molar-refractivity contribution in [3.63, 3.8) is 0 Å². The zero-order chi connectivity index (χ0) is 6.41. The van der Waals surface area contributed by atoms with Gasteiger partial charge in [-0.05, 0) is 13.2 Å². The van der Waals surface area contributed by atoms with Crippen molar-refractivity contribution in [2.24, 2.45) is 0 Å². The van der Waals surface area contributed by atoms with Gasteiger partial charge in [0.25, 0.3) is 0 Å². The van der Waals surface area contributed by atoms with Crippen LogP contribution >= 0.6 is 22.3 Å². The molecular weight excluding hydrogens is 139 g/mol. The first-order chi connectivity index (χ1) is 3.85. The largest absolute Gasteiger partial charge is 0.425 e. The van der Waals surface area contributed by atoms with Crippen LogP contribution in [0.3, 0.4) is 0 Å². The van der Waals surface area contributed by atoms with Crippen molar-refractivity contribution in [2.75, 3.05) is 6.61 Å². The Morgan fingerprint density at radius 1 is 1.62 bits per heavy atom. The molecule has 0 saturated carbocycles. The summed E-state index contributed by atoms with van der Waals surface area (Å²) in [5, 5.41) is 0. The van der Waals surface area contributed by atoms with Crippen molar-refractivity contribution >= 4 is 28.5 Å². The van der Waals surface area contributed by atoms with Crippen LogP contribution in [0.15, 0.2) is 0 Å². The summed E-state index contributed by atoms with van der Waals surface area (Å²) in [6.07, 6.45) is 1.31. The molecule has 1 nitrogen and oxygen atoms in total. The lowest BCUT2D eigenvalue weighted by atomic mass is 9.95. The van der Waals surface area contributed by atoms with Gasteiger partial charge in [0.05, 0.1) is 0 Å². The molecule has 0 radical (unpaired) electrons. The summed E-state index contributed by atoms with van der Waals surface area (Å²) in [6.45, 7) is 4.86. The minimum absolute atomic E-state index is 0.281. The summed E-state index contributed by atoms with van der Waals surface area (Å²) in [7, 11) is 1.47. The van der Waals surface area contributed by atoms with E-state index >= 15 is 0 Å². The molecule has 0 rings (SSSR count). The SMILES string of the molecule is CCOB(CC)SS. The summed E-state index contributed by atoms with van der Waals surface area (Å²) in [6, 6.07) is 0. The average molecular weight is 150 g/mol. The molecule has 0 aromatic carbocycles. The van der Waals surface area contributed by atoms with E-state index in [4.69, 9.17) is 4.65 Å². The van der Waals surface area contributed by atoms with Crippen LogP contribution in [-0.2, 0) is 4.65 Å². The van der Waals surface area contributed by atoms with E-state index < -0.39 is 0 Å². The Morgan fingerprint density at radius 2 is 2.25 bits per heavy atom. The van der Waals surface area contributed by atoms with Gasteiger partial charge in [-0.3, -0.25) is 0 Å². The molecule has 0 aromatic rings. The van der Waals surface area contributed by atoms with E-state index in [1.54, 1.807) is 0 Å². The minimum Gasteiger partial charge on any atom is -0.425 e. The van der Waals surface area contributed by atoms with Gasteiger partial charge in [0, 0.05) is 6.61 Å². The fourth-order valence-corrected chi connectivity index (χ4v) is 1.38. The predicted octanol–water partition coefficient (Wildman–Crippen LogP) is 2.11. The first kappa shape index (κ1) is 8.72. The Kier molecular flexibility index (Phi) is 6.38. The van der Waals surface area contributed by atoms with Crippen molar-refractivity contribution in [3.05, 3.63) is 0 Å². The molecule has 4 heteroatoms. The first-order valence-electron chi connectivity index (χ1n) is 2.77. The maximum absolute atomic E-state index is 5.23. The Labute approximate surface area is 60.4 Å². The van der Waals surface area contributed by atoms with Gasteiger partial charge in [-0.25, -0.2) is 0 Å². The molecule has 0 bridgehead atoms. The molecule has 0 aliphatic rings. The standard InChI is InChI=1S/C4H11BOS2/c1-3-5(8-7)6-4-2/h7H,3-4H2,1-2H3. The van der Waals surface area contributed by atoms with Crippen molar-refractivity contribution < 1.29 is 4.65 Å². The van der Waals surface area contributed by atoms with E-state index in [9.17, 15) is 0 Å². The Bertz CT molecular complexity index is 49.3. The van der Waals surface area contributed by atoms with E-state index in [0.717, 1.165) is 12.9 Å². The van der Waals surface area contributed by atoms with Crippen LogP contribution in [0.25, 0.3) is 0 Å². The Balaban J connectivity index is 3.07. The van der Waals surface area contributed by atoms with Crippen molar-refractivity contribution in [2.45, 2.75) is 20.2 Å². The molecule has 0 heterocycles. The van der Waals surface area contributed by atoms with Gasteiger partial charge < -0.3 is 4.65 Å². The van der Waals surface area contributed by atoms with Crippen LogP contribution in [0.5, 0.6) is 0 Å². The fraction of sp³-hybridized carbons (Fsp3) is 1.00. The second kappa shape index (κ2) is 5.85. The lowest BCUT2D eigenvalue weighted by Crippen LogP contribution is -2.09. The first-order valence-corrected chi connectivity index (χ1v) is 4.70. The van der Waals surface area contributed by atoms with Gasteiger partial charge in [-0.15, -0.1) is 22.3 Å². The normalized spacial score (nSPS) is 9.38. The summed E-state index contributed by atoms with van der Waals surface area (Å²) in [5.74, 6) is 0. The molecule has 0 aromatic heterocycles. The molecule has 8 heavy (non-hydrogen) atoms. The zero-order valence-electron chi connectivity index (χ0n) is 5.26. The summed E-state index contributed by atoms with van der Waals surface area (Å²) in [4.78, 5) is 0. The van der Waals surface area contributed by atoms with Gasteiger partial charge in [0.2, 0.25) is 0 Å². The molecule has 0 atom stereocenters. The number of rotatable bonds is 4. The van der Waals surface area contributed by atoms with E-state index in [2.05, 4.69) is 18.6 Å². The van der Waals surface area contributed by atoms with Gasteiger partial charge in [-0.1, -0.05) is 6.92 Å². The maximum Gasteiger partial charge on any atom is 0.371 e. The lowest BCUT2D eigenvalue weighted by Gasteiger charge is -2.04. The van der Waals surface area contributed by atoms with Gasteiger partial charge in [0.15, 0.2) is 0 Å². The number of hydrogen-bond acceptors (Lipinski definition) is 3. The highest BCUT2D eigenvalue weighted by Gasteiger charge is 2.09. The van der Waals surface area contributed by atoms with Crippen LogP contribution in [0, 0.1) is 0 Å². The summed E-state index contributed by atoms with van der Waals surface area (Å²) >= 11 is 4.02. The van der Waals surface area contributed by atoms with E-state index in [1.165, 1.54) is 10.6 Å². The topological polar surface area (TPSA) is 9.23 Å². The van der Waals surface area contributed by atoms with Crippen molar-refractivity contribution in [1.29, 1.82) is 0 Å². The highest BCUT2D eigenvalue weighted by Crippen LogP contribution is 2.14. The Morgan fingerprint density at radius 3 is 2.38 bits per heavy atom. The van der Waals surface area contributed by atoms with Crippen LogP contribution in [0.2, 0.25) is 6.32 Å². The molecule has 0 aliphatic heterocycles. The van der Waals surface area contributed by atoms with Crippen molar-refractivity contribution in [1.82, 2.24) is 0 Å². The third-order valence-electron chi connectivity index (χ3n) is 0.803. The third kappa shape index (κ3) is 3.69. The zero-order valence-corrected chi connectivity index (χ0v) is 6.97. The number of hydrogen-bond donors (Lipinski definition) is 1. The molecule has 0 unspecified atom stereocenters. The number of thiol groups is 1. The van der Waals surface area contributed by atoms with Crippen LogP contribution < -0.4 is 0 Å². The lowest BCUT2D eigenvalue weighted by molar-refractivity contribution is 0.356. The quantitative estimate of drug-likeness (QED) is 0.373. The van der Waals surface area contributed by atoms with Crippen LogP contribution in [0.4, 0.5) is 0 Å². The predicted molar refractivity (Wildman–Crippen MR) is 44.4 cm³/mol. The monoisotopic (exact) mass is 150 g/mol. The molecule has 0 N–H and O–H groups in total. The molecule has 0 saturated heterocycles. The third-order valence-corrected chi connectivity index (χ3v) is 2.21. The molecule has 0 fully saturated rings. The average Bonchev–Trinajstić information content (AvgIpc) is 1.83. The van der Waals surface area contributed by atoms with E-state index in [0.29, 0.717) is 0 Å². The maximum atomic E-state index is 5.23. The van der Waals surface area contributed by atoms with E-state index in [-0.39, 0.29) is 6.19 Å². The molecule has 48 valence electrons. The van der Waals surface area contributed by atoms with E-state index in [1.807, 2.05) is 6.92 Å². The molecule has 0 spiro atoms. The minimum atomic E-state index is 0.281. The highest BCUT2D eigenvalue weighted by molar-refractivity contribution is 8.79. The second-order valence-corrected chi connectivity index (χ2v) is 2.77. The second-order valence-electron chi connectivity index (χ2n) is 1.40. The van der Waals surface area contributed by atoms with Crippen LogP contribution in [0.1, 0.15) is 13.8 Å². The van der Waals surface area contributed by atoms with Gasteiger partial charge >= 0.3 is 6.19 Å². The van der Waals surface area contributed by atoms with Crippen LogP contribution in [-0.4, -0.2) is 12.8 Å². The molecule has 0 amide bonds. The van der Waals surface area contributed by atoms with Gasteiger partial charge in [0.1, 0.15) is 0 Å².